The van der Waals surface area contributed by atoms with E-state index in [9.17, 15) is 0 Å². The molecule has 0 aliphatic heterocycles. The lowest BCUT2D eigenvalue weighted by molar-refractivity contribution is 0.475. The number of aromatic nitrogens is 2. The summed E-state index contributed by atoms with van der Waals surface area (Å²) in [5.41, 5.74) is 9.70. The topological polar surface area (TPSA) is 20.7 Å². The Labute approximate surface area is 205 Å². The molecule has 6 aromatic rings. The normalized spacial score (nSPS) is 17.6. The zero-order valence-corrected chi connectivity index (χ0v) is 19.7. The number of nitrogens with one attached hydrogen (secondary N) is 1. The summed E-state index contributed by atoms with van der Waals surface area (Å²) >= 11 is 0. The molecule has 1 aliphatic rings. The number of hydrogen-bond acceptors (Lipinski definition) is 0. The summed E-state index contributed by atoms with van der Waals surface area (Å²) in [6, 6.07) is 42.1. The van der Waals surface area contributed by atoms with E-state index in [2.05, 4.69) is 125 Å². The highest BCUT2D eigenvalue weighted by atomic mass is 15.0. The van der Waals surface area contributed by atoms with E-state index in [0.29, 0.717) is 11.8 Å². The van der Waals surface area contributed by atoms with E-state index in [4.69, 9.17) is 0 Å². The first-order valence-corrected chi connectivity index (χ1v) is 12.6. The highest BCUT2D eigenvalue weighted by Gasteiger charge is 2.35. The molecule has 1 aliphatic carbocycles. The van der Waals surface area contributed by atoms with Gasteiger partial charge in [0.2, 0.25) is 0 Å². The summed E-state index contributed by atoms with van der Waals surface area (Å²) in [6.45, 7) is 0.891. The second-order valence-electron chi connectivity index (χ2n) is 9.86. The molecule has 0 fully saturated rings. The van der Waals surface area contributed by atoms with Gasteiger partial charge in [-0.15, -0.1) is 0 Å². The molecular weight excluding hydrogens is 424 g/mol. The molecule has 0 radical (unpaired) electrons. The van der Waals surface area contributed by atoms with Gasteiger partial charge in [-0.3, -0.25) is 0 Å². The maximum Gasteiger partial charge on any atom is 0.0485 e. The molecule has 0 unspecified atom stereocenters. The number of para-hydroxylation sites is 2. The smallest absolute Gasteiger partial charge is 0.0485 e. The van der Waals surface area contributed by atoms with E-state index in [1.54, 1.807) is 0 Å². The first-order valence-electron chi connectivity index (χ1n) is 12.6. The summed E-state index contributed by atoms with van der Waals surface area (Å²) in [6.07, 6.45) is 2.08. The van der Waals surface area contributed by atoms with Gasteiger partial charge in [-0.1, -0.05) is 97.1 Å². The minimum atomic E-state index is 0.403. The van der Waals surface area contributed by atoms with Crippen LogP contribution in [0, 0.1) is 0 Å². The summed E-state index contributed by atoms with van der Waals surface area (Å²) in [4.78, 5) is 3.76. The molecule has 0 saturated heterocycles. The van der Waals surface area contributed by atoms with Gasteiger partial charge < -0.3 is 9.55 Å². The lowest BCUT2D eigenvalue weighted by Gasteiger charge is -2.33. The van der Waals surface area contributed by atoms with Crippen molar-refractivity contribution in [1.82, 2.24) is 9.55 Å². The van der Waals surface area contributed by atoms with Crippen molar-refractivity contribution in [2.24, 2.45) is 0 Å². The molecular formula is C33H28N2. The molecule has 2 aromatic heterocycles. The SMILES string of the molecule is c1ccc(Cn2c([C@H]3Cc4c([nH]c5ccccc45)C[C@H]3c3ccccc3)cc3ccccc32)cc1. The Morgan fingerprint density at radius 2 is 1.40 bits per heavy atom. The monoisotopic (exact) mass is 452 g/mol. The predicted octanol–water partition coefficient (Wildman–Crippen LogP) is 7.84. The van der Waals surface area contributed by atoms with Crippen LogP contribution in [0.15, 0.2) is 115 Å². The number of H-pyrrole nitrogens is 1. The minimum absolute atomic E-state index is 0.403. The molecule has 0 amide bonds. The number of fused-ring (bicyclic) bond motifs is 4. The quantitative estimate of drug-likeness (QED) is 0.281. The van der Waals surface area contributed by atoms with Crippen LogP contribution in [0.2, 0.25) is 0 Å². The van der Waals surface area contributed by atoms with Crippen LogP contribution in [-0.2, 0) is 19.4 Å². The van der Waals surface area contributed by atoms with Crippen LogP contribution in [0.3, 0.4) is 0 Å². The largest absolute Gasteiger partial charge is 0.358 e. The number of rotatable bonds is 4. The molecule has 0 spiro atoms. The lowest BCUT2D eigenvalue weighted by Crippen LogP contribution is -2.24. The average molecular weight is 453 g/mol. The van der Waals surface area contributed by atoms with Gasteiger partial charge in [-0.05, 0) is 59.0 Å². The van der Waals surface area contributed by atoms with E-state index in [0.717, 1.165) is 19.4 Å². The molecule has 35 heavy (non-hydrogen) atoms. The van der Waals surface area contributed by atoms with Gasteiger partial charge in [0.25, 0.3) is 0 Å². The molecule has 0 saturated carbocycles. The second-order valence-corrected chi connectivity index (χ2v) is 9.86. The molecule has 2 heterocycles. The van der Waals surface area contributed by atoms with E-state index in [-0.39, 0.29) is 0 Å². The summed E-state index contributed by atoms with van der Waals surface area (Å²) in [5.74, 6) is 0.829. The molecule has 2 heteroatoms. The first kappa shape index (κ1) is 20.3. The first-order chi connectivity index (χ1) is 17.3. The van der Waals surface area contributed by atoms with E-state index in [1.807, 2.05) is 0 Å². The van der Waals surface area contributed by atoms with Crippen LogP contribution in [0.5, 0.6) is 0 Å². The molecule has 170 valence electrons. The number of nitrogens with zero attached hydrogens (tertiary/aromatic N) is 1. The fraction of sp³-hybridized carbons (Fsp3) is 0.152. The van der Waals surface area contributed by atoms with Gasteiger partial charge in [-0.25, -0.2) is 0 Å². The van der Waals surface area contributed by atoms with E-state index in [1.165, 1.54) is 49.9 Å². The van der Waals surface area contributed by atoms with Crippen molar-refractivity contribution in [1.29, 1.82) is 0 Å². The van der Waals surface area contributed by atoms with Crippen LogP contribution in [0.25, 0.3) is 21.8 Å². The van der Waals surface area contributed by atoms with Crippen LogP contribution in [0.1, 0.15) is 39.9 Å². The van der Waals surface area contributed by atoms with Crippen molar-refractivity contribution < 1.29 is 0 Å². The molecule has 7 rings (SSSR count). The Hall–Kier alpha value is -4.04. The highest BCUT2D eigenvalue weighted by molar-refractivity contribution is 5.85. The van der Waals surface area contributed by atoms with Crippen molar-refractivity contribution in [2.75, 3.05) is 0 Å². The van der Waals surface area contributed by atoms with Gasteiger partial charge in [-0.2, -0.15) is 0 Å². The van der Waals surface area contributed by atoms with Crippen molar-refractivity contribution in [3.63, 3.8) is 0 Å². The maximum atomic E-state index is 3.76. The number of aromatic amines is 1. The minimum Gasteiger partial charge on any atom is -0.358 e. The molecule has 0 bridgehead atoms. The van der Waals surface area contributed by atoms with E-state index < -0.39 is 0 Å². The average Bonchev–Trinajstić information content (AvgIpc) is 3.47. The Morgan fingerprint density at radius 1 is 0.686 bits per heavy atom. The van der Waals surface area contributed by atoms with Gasteiger partial charge in [0.05, 0.1) is 0 Å². The Bertz CT molecular complexity index is 1620. The molecule has 2 atom stereocenters. The van der Waals surface area contributed by atoms with Gasteiger partial charge in [0.15, 0.2) is 0 Å². The summed E-state index contributed by atoms with van der Waals surface area (Å²) < 4.78 is 2.57. The van der Waals surface area contributed by atoms with Gasteiger partial charge in [0.1, 0.15) is 0 Å². The number of hydrogen-bond donors (Lipinski definition) is 1. The van der Waals surface area contributed by atoms with Gasteiger partial charge in [0, 0.05) is 40.3 Å². The molecule has 1 N–H and O–H groups in total. The highest BCUT2D eigenvalue weighted by Crippen LogP contribution is 2.46. The van der Waals surface area contributed by atoms with E-state index >= 15 is 0 Å². The van der Waals surface area contributed by atoms with Crippen molar-refractivity contribution in [3.8, 4) is 0 Å². The fourth-order valence-electron chi connectivity index (χ4n) is 6.23. The molecule has 2 nitrogen and oxygen atoms in total. The summed E-state index contributed by atoms with van der Waals surface area (Å²) in [7, 11) is 0. The summed E-state index contributed by atoms with van der Waals surface area (Å²) in [5, 5.41) is 2.71. The molecule has 4 aromatic carbocycles. The third-order valence-corrected chi connectivity index (χ3v) is 7.87. The Morgan fingerprint density at radius 3 is 2.26 bits per heavy atom. The third-order valence-electron chi connectivity index (χ3n) is 7.87. The van der Waals surface area contributed by atoms with Crippen LogP contribution < -0.4 is 0 Å². The van der Waals surface area contributed by atoms with Crippen LogP contribution in [0.4, 0.5) is 0 Å². The Kier molecular flexibility index (Phi) is 4.84. The number of benzene rings is 4. The zero-order valence-electron chi connectivity index (χ0n) is 19.7. The van der Waals surface area contributed by atoms with Crippen LogP contribution in [-0.4, -0.2) is 9.55 Å². The second kappa shape index (κ2) is 8.32. The standard InChI is InChI=1S/C33H28N2/c1-3-11-23(12-4-1)22-35-32-18-10-7-15-25(32)19-33(35)29-20-28-26-16-8-9-17-30(26)34-31(28)21-27(29)24-13-5-2-6-14-24/h1-19,27,29,34H,20-22H2/t27-,29-/m0/s1. The fourth-order valence-corrected chi connectivity index (χ4v) is 6.23. The van der Waals surface area contributed by atoms with Crippen LogP contribution >= 0.6 is 0 Å². The maximum absolute atomic E-state index is 3.76. The van der Waals surface area contributed by atoms with Gasteiger partial charge >= 0.3 is 0 Å². The predicted molar refractivity (Wildman–Crippen MR) is 145 cm³/mol. The van der Waals surface area contributed by atoms with Crippen molar-refractivity contribution >= 4 is 21.8 Å². The Balaban J connectivity index is 1.43. The van der Waals surface area contributed by atoms with Crippen molar-refractivity contribution in [2.45, 2.75) is 31.2 Å². The lowest BCUT2D eigenvalue weighted by atomic mass is 9.73. The third kappa shape index (κ3) is 3.49. The zero-order chi connectivity index (χ0) is 23.2. The van der Waals surface area contributed by atoms with Crippen molar-refractivity contribution in [3.05, 3.63) is 143 Å².